The van der Waals surface area contributed by atoms with Gasteiger partial charge >= 0.3 is 5.97 Å². The number of fused-ring (bicyclic) bond motifs is 2. The molecule has 1 aromatic rings. The van der Waals surface area contributed by atoms with Gasteiger partial charge in [-0.2, -0.15) is 0 Å². The largest absolute Gasteiger partial charge is 0.496 e. The third kappa shape index (κ3) is 3.69. The highest BCUT2D eigenvalue weighted by Gasteiger charge is 2.45. The lowest BCUT2D eigenvalue weighted by atomic mass is 9.82. The fraction of sp³-hybridized carbons (Fsp3) is 0.478. The first-order chi connectivity index (χ1) is 13.2. The molecule has 2 atom stereocenters. The van der Waals surface area contributed by atoms with Crippen LogP contribution in [0.25, 0.3) is 5.57 Å². The molecule has 3 rings (SSSR count). The van der Waals surface area contributed by atoms with E-state index in [4.69, 9.17) is 21.1 Å². The van der Waals surface area contributed by atoms with Crippen LogP contribution >= 0.6 is 11.6 Å². The quantitative estimate of drug-likeness (QED) is 0.528. The molecular formula is C23H25ClO4. The van der Waals surface area contributed by atoms with Gasteiger partial charge < -0.3 is 9.47 Å². The Hall–Kier alpha value is -2.25. The van der Waals surface area contributed by atoms with Gasteiger partial charge in [0.1, 0.15) is 11.5 Å². The molecule has 0 N–H and O–H groups in total. The molecule has 5 heteroatoms. The normalized spacial score (nSPS) is 21.3. The Balaban J connectivity index is 2.22. The van der Waals surface area contributed by atoms with E-state index in [0.717, 1.165) is 12.8 Å². The van der Waals surface area contributed by atoms with E-state index >= 15 is 0 Å². The van der Waals surface area contributed by atoms with Crippen LogP contribution in [0, 0.1) is 29.1 Å². The van der Waals surface area contributed by atoms with E-state index in [1.54, 1.807) is 39.8 Å². The third-order valence-electron chi connectivity index (χ3n) is 5.28. The number of halogens is 1. The highest BCUT2D eigenvalue weighted by molar-refractivity contribution is 6.36. The summed E-state index contributed by atoms with van der Waals surface area (Å²) in [6.07, 6.45) is 2.34. The lowest BCUT2D eigenvalue weighted by molar-refractivity contribution is -0.149. The van der Waals surface area contributed by atoms with Gasteiger partial charge in [0.25, 0.3) is 0 Å². The fourth-order valence-corrected chi connectivity index (χ4v) is 4.13. The van der Waals surface area contributed by atoms with Crippen molar-refractivity contribution in [2.75, 3.05) is 7.11 Å². The zero-order valence-electron chi connectivity index (χ0n) is 16.9. The van der Waals surface area contributed by atoms with E-state index in [2.05, 4.69) is 11.8 Å². The van der Waals surface area contributed by atoms with E-state index in [0.29, 0.717) is 39.7 Å². The Morgan fingerprint density at radius 2 is 1.89 bits per heavy atom. The van der Waals surface area contributed by atoms with Crippen molar-refractivity contribution in [1.29, 1.82) is 0 Å². The van der Waals surface area contributed by atoms with Crippen LogP contribution in [0.2, 0.25) is 5.02 Å². The van der Waals surface area contributed by atoms with Gasteiger partial charge in [-0.1, -0.05) is 17.5 Å². The number of hydrogen-bond acceptors (Lipinski definition) is 4. The summed E-state index contributed by atoms with van der Waals surface area (Å²) < 4.78 is 11.4. The molecule has 4 nitrogen and oxygen atoms in total. The van der Waals surface area contributed by atoms with Gasteiger partial charge in [0.15, 0.2) is 5.78 Å². The number of rotatable bonds is 3. The number of ketones is 1. The van der Waals surface area contributed by atoms with Crippen molar-refractivity contribution in [1.82, 2.24) is 0 Å². The van der Waals surface area contributed by atoms with E-state index < -0.39 is 5.41 Å². The fourth-order valence-electron chi connectivity index (χ4n) is 3.82. The monoisotopic (exact) mass is 400 g/mol. The van der Waals surface area contributed by atoms with Crippen molar-refractivity contribution in [3.05, 3.63) is 34.0 Å². The average Bonchev–Trinajstić information content (AvgIpc) is 3.06. The van der Waals surface area contributed by atoms with Gasteiger partial charge in [-0.3, -0.25) is 9.59 Å². The summed E-state index contributed by atoms with van der Waals surface area (Å²) in [4.78, 5) is 25.9. The van der Waals surface area contributed by atoms with Crippen molar-refractivity contribution in [3.63, 3.8) is 0 Å². The second-order valence-electron chi connectivity index (χ2n) is 8.36. The molecule has 0 spiro atoms. The first kappa shape index (κ1) is 20.5. The van der Waals surface area contributed by atoms with Crippen LogP contribution in [-0.4, -0.2) is 18.9 Å². The molecule has 2 unspecified atom stereocenters. The number of allylic oxidation sites excluding steroid dienone is 2. The molecule has 28 heavy (non-hydrogen) atoms. The molecule has 148 valence electrons. The summed E-state index contributed by atoms with van der Waals surface area (Å²) in [6.45, 7) is 7.12. The predicted octanol–water partition coefficient (Wildman–Crippen LogP) is 5.02. The van der Waals surface area contributed by atoms with Crippen LogP contribution in [0.5, 0.6) is 5.75 Å². The van der Waals surface area contributed by atoms with Crippen molar-refractivity contribution < 1.29 is 19.1 Å². The third-order valence-corrected chi connectivity index (χ3v) is 5.57. The summed E-state index contributed by atoms with van der Waals surface area (Å²) in [7, 11) is 1.53. The first-order valence-electron chi connectivity index (χ1n) is 9.48. The van der Waals surface area contributed by atoms with Gasteiger partial charge in [0.05, 0.1) is 23.1 Å². The van der Waals surface area contributed by atoms with Crippen molar-refractivity contribution in [3.8, 4) is 17.6 Å². The highest BCUT2D eigenvalue weighted by Crippen LogP contribution is 2.50. The van der Waals surface area contributed by atoms with Gasteiger partial charge in [-0.05, 0) is 59.1 Å². The second-order valence-corrected chi connectivity index (χ2v) is 8.77. The van der Waals surface area contributed by atoms with Crippen molar-refractivity contribution in [2.45, 2.75) is 47.0 Å². The Bertz CT molecular complexity index is 924. The molecule has 1 fully saturated rings. The van der Waals surface area contributed by atoms with Crippen LogP contribution in [0.3, 0.4) is 0 Å². The molecule has 1 aromatic carbocycles. The summed E-state index contributed by atoms with van der Waals surface area (Å²) in [5.41, 5.74) is 0.900. The predicted molar refractivity (Wildman–Crippen MR) is 109 cm³/mol. The standard InChI is InChI=1S/C23H25ClO4/c1-6-7-13-10-16(24)18(17(11-13)27-5)19-20(25)14-8-9-15(12-14)21(19)28-22(26)23(2,3)4/h10-11,14-15H,8-9,12H2,1-5H3. The molecular weight excluding hydrogens is 376 g/mol. The van der Waals surface area contributed by atoms with Crippen LogP contribution in [0.1, 0.15) is 58.1 Å². The zero-order valence-corrected chi connectivity index (χ0v) is 17.7. The van der Waals surface area contributed by atoms with Gasteiger partial charge in [0.2, 0.25) is 0 Å². The molecule has 2 aliphatic rings. The molecule has 1 saturated carbocycles. The summed E-state index contributed by atoms with van der Waals surface area (Å²) in [5.74, 6) is 6.28. The Morgan fingerprint density at radius 1 is 1.21 bits per heavy atom. The lowest BCUT2D eigenvalue weighted by Gasteiger charge is -2.28. The first-order valence-corrected chi connectivity index (χ1v) is 9.86. The number of methoxy groups -OCH3 is 1. The van der Waals surface area contributed by atoms with E-state index in [-0.39, 0.29) is 23.6 Å². The zero-order chi connectivity index (χ0) is 20.6. The highest BCUT2D eigenvalue weighted by atomic mass is 35.5. The van der Waals surface area contributed by atoms with Crippen LogP contribution in [0.4, 0.5) is 0 Å². The number of carbonyl (C=O) groups is 2. The summed E-state index contributed by atoms with van der Waals surface area (Å²) in [5, 5.41) is 0.367. The maximum atomic E-state index is 13.3. The van der Waals surface area contributed by atoms with Crippen LogP contribution < -0.4 is 4.74 Å². The van der Waals surface area contributed by atoms with Crippen molar-refractivity contribution >= 4 is 28.9 Å². The number of esters is 1. The van der Waals surface area contributed by atoms with Crippen molar-refractivity contribution in [2.24, 2.45) is 17.3 Å². The number of ether oxygens (including phenoxy) is 2. The molecule has 0 saturated heterocycles. The number of carbonyl (C=O) groups excluding carboxylic acids is 2. The lowest BCUT2D eigenvalue weighted by Crippen LogP contribution is -2.28. The molecule has 2 aliphatic carbocycles. The SMILES string of the molecule is CC#Cc1cc(Cl)c(C2=C(OC(=O)C(C)(C)C)C3CCC(C3)C2=O)c(OC)c1. The average molecular weight is 401 g/mol. The van der Waals surface area contributed by atoms with Crippen LogP contribution in [-0.2, 0) is 14.3 Å². The Kier molecular flexibility index (Phi) is 5.59. The topological polar surface area (TPSA) is 52.6 Å². The molecule has 2 bridgehead atoms. The maximum absolute atomic E-state index is 13.3. The molecule has 0 amide bonds. The molecule has 0 radical (unpaired) electrons. The summed E-state index contributed by atoms with van der Waals surface area (Å²) in [6, 6.07) is 3.48. The Morgan fingerprint density at radius 3 is 2.50 bits per heavy atom. The number of hydrogen-bond donors (Lipinski definition) is 0. The maximum Gasteiger partial charge on any atom is 0.316 e. The minimum absolute atomic E-state index is 0.0278. The minimum atomic E-state index is -0.676. The van der Waals surface area contributed by atoms with E-state index in [1.165, 1.54) is 7.11 Å². The molecule has 0 aromatic heterocycles. The van der Waals surface area contributed by atoms with Gasteiger partial charge in [0, 0.05) is 23.0 Å². The molecule has 0 heterocycles. The van der Waals surface area contributed by atoms with E-state index in [1.807, 2.05) is 0 Å². The van der Waals surface area contributed by atoms with Gasteiger partial charge in [-0.25, -0.2) is 0 Å². The minimum Gasteiger partial charge on any atom is -0.496 e. The smallest absolute Gasteiger partial charge is 0.316 e. The number of Topliss-reactive ketones (excluding diaryl/α,β-unsaturated/α-hetero) is 1. The summed E-state index contributed by atoms with van der Waals surface area (Å²) >= 11 is 6.58. The number of benzene rings is 1. The van der Waals surface area contributed by atoms with E-state index in [9.17, 15) is 9.59 Å². The Labute approximate surface area is 171 Å². The molecule has 0 aliphatic heterocycles. The second kappa shape index (κ2) is 7.64. The van der Waals surface area contributed by atoms with Gasteiger partial charge in [-0.15, -0.1) is 5.92 Å². The van der Waals surface area contributed by atoms with Crippen LogP contribution in [0.15, 0.2) is 17.9 Å².